The number of benzene rings is 1. The maximum Gasteiger partial charge on any atom is 0.325 e. The van der Waals surface area contributed by atoms with Gasteiger partial charge in [0.25, 0.3) is 5.91 Å². The van der Waals surface area contributed by atoms with Crippen molar-refractivity contribution < 1.29 is 23.2 Å². The minimum Gasteiger partial charge on any atom is -0.358 e. The standard InChI is InChI=1S/C13H13F2N3O3/c1-13(8-5-7(14)3-4-9(8)15)11(20)18(12(21)17-13)6-10(19)16-2/h3-5H,6H2,1-2H3,(H,16,19)(H,17,21)/t13-/m1/s1. The lowest BCUT2D eigenvalue weighted by molar-refractivity contribution is -0.134. The Morgan fingerprint density at radius 2 is 2.05 bits per heavy atom. The quantitative estimate of drug-likeness (QED) is 0.796. The third-order valence-electron chi connectivity index (χ3n) is 3.32. The molecule has 0 aliphatic carbocycles. The number of carbonyl (C=O) groups is 3. The predicted octanol–water partition coefficient (Wildman–Crippen LogP) is 0.478. The van der Waals surface area contributed by atoms with Gasteiger partial charge in [-0.3, -0.25) is 14.5 Å². The van der Waals surface area contributed by atoms with Gasteiger partial charge < -0.3 is 10.6 Å². The summed E-state index contributed by atoms with van der Waals surface area (Å²) in [6.07, 6.45) is 0. The number of hydrogen-bond acceptors (Lipinski definition) is 3. The van der Waals surface area contributed by atoms with Crippen LogP contribution in [0.1, 0.15) is 12.5 Å². The van der Waals surface area contributed by atoms with E-state index in [1.807, 2.05) is 0 Å². The van der Waals surface area contributed by atoms with Crippen molar-refractivity contribution in [3.05, 3.63) is 35.4 Å². The zero-order valence-electron chi connectivity index (χ0n) is 11.4. The van der Waals surface area contributed by atoms with Crippen molar-refractivity contribution in [1.29, 1.82) is 0 Å². The second-order valence-corrected chi connectivity index (χ2v) is 4.74. The first-order chi connectivity index (χ1) is 9.79. The molecule has 0 spiro atoms. The molecular weight excluding hydrogens is 284 g/mol. The van der Waals surface area contributed by atoms with Gasteiger partial charge in [0.05, 0.1) is 0 Å². The van der Waals surface area contributed by atoms with Gasteiger partial charge in [0.15, 0.2) is 0 Å². The SMILES string of the molecule is CNC(=O)CN1C(=O)N[C@](C)(c2cc(F)ccc2F)C1=O. The van der Waals surface area contributed by atoms with Gasteiger partial charge in [0.2, 0.25) is 5.91 Å². The first kappa shape index (κ1) is 14.9. The smallest absolute Gasteiger partial charge is 0.325 e. The summed E-state index contributed by atoms with van der Waals surface area (Å²) in [5.74, 6) is -2.93. The summed E-state index contributed by atoms with van der Waals surface area (Å²) < 4.78 is 27.1. The first-order valence-electron chi connectivity index (χ1n) is 6.10. The summed E-state index contributed by atoms with van der Waals surface area (Å²) in [6.45, 7) is 0.766. The molecule has 4 amide bonds. The van der Waals surface area contributed by atoms with Crippen molar-refractivity contribution in [1.82, 2.24) is 15.5 Å². The van der Waals surface area contributed by atoms with Crippen LogP contribution in [-0.2, 0) is 15.1 Å². The number of urea groups is 1. The second-order valence-electron chi connectivity index (χ2n) is 4.74. The molecule has 6 nitrogen and oxygen atoms in total. The lowest BCUT2D eigenvalue weighted by Crippen LogP contribution is -2.43. The fraction of sp³-hybridized carbons (Fsp3) is 0.308. The summed E-state index contributed by atoms with van der Waals surface area (Å²) in [4.78, 5) is 36.1. The van der Waals surface area contributed by atoms with Crippen molar-refractivity contribution in [3.8, 4) is 0 Å². The Balaban J connectivity index is 2.40. The third-order valence-corrected chi connectivity index (χ3v) is 3.32. The van der Waals surface area contributed by atoms with Crippen LogP contribution in [0, 0.1) is 11.6 Å². The highest BCUT2D eigenvalue weighted by atomic mass is 19.1. The van der Waals surface area contributed by atoms with Crippen LogP contribution in [0.15, 0.2) is 18.2 Å². The van der Waals surface area contributed by atoms with E-state index in [0.717, 1.165) is 18.2 Å². The Morgan fingerprint density at radius 3 is 2.67 bits per heavy atom. The highest BCUT2D eigenvalue weighted by Crippen LogP contribution is 2.30. The van der Waals surface area contributed by atoms with Crippen molar-refractivity contribution >= 4 is 17.8 Å². The Bertz CT molecular complexity index is 635. The number of imide groups is 1. The number of hydrogen-bond donors (Lipinski definition) is 2. The molecule has 2 N–H and O–H groups in total. The van der Waals surface area contributed by atoms with E-state index >= 15 is 0 Å². The number of likely N-dealkylation sites (N-methyl/N-ethyl adjacent to an activating group) is 1. The van der Waals surface area contributed by atoms with Gasteiger partial charge in [-0.25, -0.2) is 13.6 Å². The van der Waals surface area contributed by atoms with Crippen LogP contribution >= 0.6 is 0 Å². The van der Waals surface area contributed by atoms with E-state index in [1.165, 1.54) is 14.0 Å². The average Bonchev–Trinajstić information content (AvgIpc) is 2.65. The van der Waals surface area contributed by atoms with Crippen LogP contribution in [0.4, 0.5) is 13.6 Å². The predicted molar refractivity (Wildman–Crippen MR) is 68.0 cm³/mol. The minimum atomic E-state index is -1.75. The van der Waals surface area contributed by atoms with E-state index in [1.54, 1.807) is 0 Å². The summed E-state index contributed by atoms with van der Waals surface area (Å²) in [7, 11) is 1.35. The topological polar surface area (TPSA) is 78.5 Å². The van der Waals surface area contributed by atoms with Gasteiger partial charge in [-0.15, -0.1) is 0 Å². The number of nitrogens with zero attached hydrogens (tertiary/aromatic N) is 1. The molecule has 1 saturated heterocycles. The lowest BCUT2D eigenvalue weighted by atomic mass is 9.91. The largest absolute Gasteiger partial charge is 0.358 e. The minimum absolute atomic E-state index is 0.291. The molecule has 8 heteroatoms. The molecule has 0 bridgehead atoms. The monoisotopic (exact) mass is 297 g/mol. The van der Waals surface area contributed by atoms with E-state index < -0.39 is 41.6 Å². The number of halogens is 2. The van der Waals surface area contributed by atoms with Gasteiger partial charge in [-0.2, -0.15) is 0 Å². The number of nitrogens with one attached hydrogen (secondary N) is 2. The molecule has 1 heterocycles. The Hall–Kier alpha value is -2.51. The molecule has 0 radical (unpaired) electrons. The molecular formula is C13H13F2N3O3. The van der Waals surface area contributed by atoms with Crippen molar-refractivity contribution in [2.24, 2.45) is 0 Å². The first-order valence-corrected chi connectivity index (χ1v) is 6.10. The summed E-state index contributed by atoms with van der Waals surface area (Å²) >= 11 is 0. The second kappa shape index (κ2) is 5.12. The summed E-state index contributed by atoms with van der Waals surface area (Å²) in [5, 5.41) is 4.57. The van der Waals surface area contributed by atoms with Crippen molar-refractivity contribution in [2.45, 2.75) is 12.5 Å². The fourth-order valence-corrected chi connectivity index (χ4v) is 2.13. The van der Waals surface area contributed by atoms with E-state index in [0.29, 0.717) is 4.90 Å². The molecule has 1 fully saturated rings. The molecule has 1 aliphatic heterocycles. The molecule has 21 heavy (non-hydrogen) atoms. The molecule has 0 unspecified atom stereocenters. The number of amides is 4. The molecule has 0 saturated carbocycles. The molecule has 1 atom stereocenters. The van der Waals surface area contributed by atoms with E-state index in [9.17, 15) is 23.2 Å². The molecule has 2 rings (SSSR count). The molecule has 0 aromatic heterocycles. The van der Waals surface area contributed by atoms with Gasteiger partial charge >= 0.3 is 6.03 Å². The van der Waals surface area contributed by atoms with Gasteiger partial charge in [-0.1, -0.05) is 0 Å². The van der Waals surface area contributed by atoms with Crippen LogP contribution in [0.3, 0.4) is 0 Å². The van der Waals surface area contributed by atoms with Crippen LogP contribution in [0.2, 0.25) is 0 Å². The van der Waals surface area contributed by atoms with E-state index in [-0.39, 0.29) is 5.56 Å². The molecule has 1 aromatic carbocycles. The van der Waals surface area contributed by atoms with Gasteiger partial charge in [0, 0.05) is 12.6 Å². The van der Waals surface area contributed by atoms with Crippen LogP contribution in [-0.4, -0.2) is 36.3 Å². The normalized spacial score (nSPS) is 21.4. The Labute approximate surface area is 119 Å². The average molecular weight is 297 g/mol. The van der Waals surface area contributed by atoms with Crippen LogP contribution < -0.4 is 10.6 Å². The van der Waals surface area contributed by atoms with Crippen LogP contribution in [0.5, 0.6) is 0 Å². The van der Waals surface area contributed by atoms with Gasteiger partial charge in [0.1, 0.15) is 23.7 Å². The van der Waals surface area contributed by atoms with Crippen molar-refractivity contribution in [3.63, 3.8) is 0 Å². The van der Waals surface area contributed by atoms with Crippen molar-refractivity contribution in [2.75, 3.05) is 13.6 Å². The summed E-state index contributed by atoms with van der Waals surface area (Å²) in [5.41, 5.74) is -2.04. The third kappa shape index (κ3) is 2.44. The van der Waals surface area contributed by atoms with Gasteiger partial charge in [-0.05, 0) is 25.1 Å². The van der Waals surface area contributed by atoms with E-state index in [2.05, 4.69) is 10.6 Å². The Kier molecular flexibility index (Phi) is 3.63. The zero-order valence-corrected chi connectivity index (χ0v) is 11.4. The fourth-order valence-electron chi connectivity index (χ4n) is 2.13. The number of rotatable bonds is 3. The van der Waals surface area contributed by atoms with Crippen LogP contribution in [0.25, 0.3) is 0 Å². The number of carbonyl (C=O) groups excluding carboxylic acids is 3. The zero-order chi connectivity index (χ0) is 15.8. The highest BCUT2D eigenvalue weighted by molar-refractivity contribution is 6.09. The highest BCUT2D eigenvalue weighted by Gasteiger charge is 2.50. The molecule has 1 aromatic rings. The maximum absolute atomic E-state index is 13.9. The van der Waals surface area contributed by atoms with E-state index in [4.69, 9.17) is 0 Å². The molecule has 112 valence electrons. The maximum atomic E-state index is 13.9. The Morgan fingerprint density at radius 1 is 1.38 bits per heavy atom. The summed E-state index contributed by atoms with van der Waals surface area (Å²) in [6, 6.07) is 1.79. The molecule has 1 aliphatic rings. The lowest BCUT2D eigenvalue weighted by Gasteiger charge is -2.22.